The Morgan fingerprint density at radius 2 is 1.24 bits per heavy atom. The SMILES string of the molecule is CC/C=C/C/C=C/C/C=C/C/C=C/C/C=C/C/C=C/CCC(=O)NCCc1ccc(O)c(O)c1. The van der Waals surface area contributed by atoms with Gasteiger partial charge in [0.1, 0.15) is 0 Å². The van der Waals surface area contributed by atoms with Crippen LogP contribution in [-0.4, -0.2) is 22.7 Å². The van der Waals surface area contributed by atoms with Crippen molar-refractivity contribution in [3.8, 4) is 11.5 Å². The van der Waals surface area contributed by atoms with E-state index in [0.29, 0.717) is 19.4 Å². The third kappa shape index (κ3) is 16.4. The van der Waals surface area contributed by atoms with Crippen LogP contribution in [0.2, 0.25) is 0 Å². The molecule has 0 aliphatic rings. The monoisotopic (exact) mass is 463 g/mol. The molecule has 0 fully saturated rings. The molecule has 0 aliphatic heterocycles. The lowest BCUT2D eigenvalue weighted by Crippen LogP contribution is -2.25. The Labute approximate surface area is 205 Å². The summed E-state index contributed by atoms with van der Waals surface area (Å²) >= 11 is 0. The number of carbonyl (C=O) groups excluding carboxylic acids is 1. The summed E-state index contributed by atoms with van der Waals surface area (Å²) in [5, 5.41) is 21.7. The van der Waals surface area contributed by atoms with E-state index in [0.717, 1.165) is 50.5 Å². The minimum atomic E-state index is -0.138. The molecule has 0 heterocycles. The second-order valence-electron chi connectivity index (χ2n) is 7.88. The van der Waals surface area contributed by atoms with Gasteiger partial charge >= 0.3 is 0 Å². The molecule has 0 radical (unpaired) electrons. The van der Waals surface area contributed by atoms with E-state index in [-0.39, 0.29) is 17.4 Å². The van der Waals surface area contributed by atoms with Crippen LogP contribution in [0.15, 0.2) is 91.1 Å². The van der Waals surface area contributed by atoms with E-state index < -0.39 is 0 Å². The van der Waals surface area contributed by atoms with E-state index >= 15 is 0 Å². The largest absolute Gasteiger partial charge is 0.504 e. The summed E-state index contributed by atoms with van der Waals surface area (Å²) in [6.45, 7) is 2.65. The van der Waals surface area contributed by atoms with Crippen molar-refractivity contribution in [2.75, 3.05) is 6.54 Å². The molecule has 1 aromatic carbocycles. The first-order valence-corrected chi connectivity index (χ1v) is 12.3. The maximum Gasteiger partial charge on any atom is 0.220 e. The summed E-state index contributed by atoms with van der Waals surface area (Å²) in [4.78, 5) is 11.9. The van der Waals surface area contributed by atoms with Crippen LogP contribution in [0, 0.1) is 0 Å². The lowest BCUT2D eigenvalue weighted by molar-refractivity contribution is -0.120. The first-order chi connectivity index (χ1) is 16.6. The molecule has 1 amide bonds. The molecular formula is C30H41NO3. The average molecular weight is 464 g/mol. The number of rotatable bonds is 17. The van der Waals surface area contributed by atoms with Crippen LogP contribution in [0.5, 0.6) is 11.5 Å². The van der Waals surface area contributed by atoms with Crippen molar-refractivity contribution in [3.05, 3.63) is 96.7 Å². The summed E-state index contributed by atoms with van der Waals surface area (Å²) in [6, 6.07) is 4.70. The molecule has 0 spiro atoms. The van der Waals surface area contributed by atoms with Gasteiger partial charge < -0.3 is 15.5 Å². The molecule has 3 N–H and O–H groups in total. The maximum absolute atomic E-state index is 11.9. The fourth-order valence-electron chi connectivity index (χ4n) is 3.01. The van der Waals surface area contributed by atoms with Crippen LogP contribution < -0.4 is 5.32 Å². The van der Waals surface area contributed by atoms with Gasteiger partial charge in [-0.25, -0.2) is 0 Å². The van der Waals surface area contributed by atoms with Crippen LogP contribution >= 0.6 is 0 Å². The number of hydrogen-bond acceptors (Lipinski definition) is 3. The predicted molar refractivity (Wildman–Crippen MR) is 144 cm³/mol. The highest BCUT2D eigenvalue weighted by Gasteiger charge is 2.02. The summed E-state index contributed by atoms with van der Waals surface area (Å²) in [7, 11) is 0. The van der Waals surface area contributed by atoms with Gasteiger partial charge in [-0.15, -0.1) is 0 Å². The Balaban J connectivity index is 2.00. The van der Waals surface area contributed by atoms with Gasteiger partial charge in [0.25, 0.3) is 0 Å². The van der Waals surface area contributed by atoms with Crippen molar-refractivity contribution in [2.24, 2.45) is 0 Å². The summed E-state index contributed by atoms with van der Waals surface area (Å²) in [6.07, 6.45) is 33.7. The number of nitrogens with one attached hydrogen (secondary N) is 1. The van der Waals surface area contributed by atoms with Crippen molar-refractivity contribution in [3.63, 3.8) is 0 Å². The van der Waals surface area contributed by atoms with Crippen molar-refractivity contribution in [2.45, 2.75) is 64.7 Å². The average Bonchev–Trinajstić information content (AvgIpc) is 2.83. The molecule has 0 aromatic heterocycles. The van der Waals surface area contributed by atoms with Gasteiger partial charge in [0.05, 0.1) is 0 Å². The highest BCUT2D eigenvalue weighted by molar-refractivity contribution is 5.75. The van der Waals surface area contributed by atoms with Gasteiger partial charge in [-0.2, -0.15) is 0 Å². The first kappa shape index (κ1) is 28.8. The molecule has 4 nitrogen and oxygen atoms in total. The molecule has 184 valence electrons. The number of hydrogen-bond donors (Lipinski definition) is 3. The van der Waals surface area contributed by atoms with E-state index in [2.05, 4.69) is 79.1 Å². The molecule has 1 aromatic rings. The van der Waals surface area contributed by atoms with Crippen molar-refractivity contribution < 1.29 is 15.0 Å². The second-order valence-corrected chi connectivity index (χ2v) is 7.88. The van der Waals surface area contributed by atoms with E-state index in [9.17, 15) is 15.0 Å². The van der Waals surface area contributed by atoms with Crippen molar-refractivity contribution >= 4 is 5.91 Å². The molecule has 0 atom stereocenters. The standard InChI is InChI=1S/C30H41NO3/c1-2-3-4-5-6-7-8-9-10-11-12-13-14-15-16-17-18-19-20-21-30(34)31-25-24-27-22-23-28(32)29(33)26-27/h3-4,6-7,9-10,12-13,15-16,18-19,22-23,26,32-33H,2,5,8,11,14,17,20-21,24-25H2,1H3,(H,31,34)/b4-3+,7-6+,10-9+,13-12+,16-15+,19-18+. The van der Waals surface area contributed by atoms with Crippen LogP contribution in [-0.2, 0) is 11.2 Å². The number of benzene rings is 1. The summed E-state index contributed by atoms with van der Waals surface area (Å²) < 4.78 is 0. The van der Waals surface area contributed by atoms with E-state index in [1.165, 1.54) is 12.1 Å². The summed E-state index contributed by atoms with van der Waals surface area (Å²) in [5.41, 5.74) is 0.868. The quantitative estimate of drug-likeness (QED) is 0.168. The minimum Gasteiger partial charge on any atom is -0.504 e. The Bertz CT molecular complexity index is 860. The lowest BCUT2D eigenvalue weighted by Gasteiger charge is -2.05. The zero-order valence-electron chi connectivity index (χ0n) is 20.5. The molecule has 0 saturated heterocycles. The van der Waals surface area contributed by atoms with Gasteiger partial charge in [0, 0.05) is 13.0 Å². The number of allylic oxidation sites excluding steroid dienone is 12. The Hall–Kier alpha value is -3.27. The normalized spacial score (nSPS) is 12.5. The molecule has 34 heavy (non-hydrogen) atoms. The Morgan fingerprint density at radius 3 is 1.74 bits per heavy atom. The van der Waals surface area contributed by atoms with Crippen LogP contribution in [0.4, 0.5) is 0 Å². The topological polar surface area (TPSA) is 69.6 Å². The molecule has 0 unspecified atom stereocenters. The van der Waals surface area contributed by atoms with Crippen molar-refractivity contribution in [1.82, 2.24) is 5.32 Å². The number of aromatic hydroxyl groups is 2. The number of phenolic OH excluding ortho intramolecular Hbond substituents is 2. The maximum atomic E-state index is 11.9. The van der Waals surface area contributed by atoms with E-state index in [4.69, 9.17) is 0 Å². The second kappa shape index (κ2) is 20.3. The highest BCUT2D eigenvalue weighted by atomic mass is 16.3. The van der Waals surface area contributed by atoms with E-state index in [1.54, 1.807) is 6.07 Å². The third-order valence-corrected chi connectivity index (χ3v) is 4.91. The lowest BCUT2D eigenvalue weighted by atomic mass is 10.1. The number of amides is 1. The zero-order valence-corrected chi connectivity index (χ0v) is 20.5. The predicted octanol–water partition coefficient (Wildman–Crippen LogP) is 7.23. The van der Waals surface area contributed by atoms with Crippen molar-refractivity contribution in [1.29, 1.82) is 0 Å². The van der Waals surface area contributed by atoms with Crippen LogP contribution in [0.3, 0.4) is 0 Å². The highest BCUT2D eigenvalue weighted by Crippen LogP contribution is 2.24. The van der Waals surface area contributed by atoms with Crippen LogP contribution in [0.1, 0.15) is 63.9 Å². The van der Waals surface area contributed by atoms with Gasteiger partial charge in [-0.3, -0.25) is 4.79 Å². The number of phenols is 2. The molecule has 1 rings (SSSR count). The van der Waals surface area contributed by atoms with Gasteiger partial charge in [0.15, 0.2) is 11.5 Å². The molecule has 4 heteroatoms. The van der Waals surface area contributed by atoms with Gasteiger partial charge in [-0.1, -0.05) is 85.9 Å². The summed E-state index contributed by atoms with van der Waals surface area (Å²) in [5.74, 6) is -0.256. The fourth-order valence-corrected chi connectivity index (χ4v) is 3.01. The van der Waals surface area contributed by atoms with Gasteiger partial charge in [-0.05, 0) is 69.1 Å². The number of carbonyl (C=O) groups is 1. The molecule has 0 saturated carbocycles. The van der Waals surface area contributed by atoms with Crippen LogP contribution in [0.25, 0.3) is 0 Å². The molecular weight excluding hydrogens is 422 g/mol. The fraction of sp³-hybridized carbons (Fsp3) is 0.367. The van der Waals surface area contributed by atoms with E-state index in [1.807, 2.05) is 6.08 Å². The minimum absolute atomic E-state index is 0.0162. The third-order valence-electron chi connectivity index (χ3n) is 4.91. The first-order valence-electron chi connectivity index (χ1n) is 12.3. The molecule has 0 aliphatic carbocycles. The Kier molecular flexibility index (Phi) is 17.2. The molecule has 0 bridgehead atoms. The smallest absolute Gasteiger partial charge is 0.220 e. The Morgan fingerprint density at radius 1 is 0.735 bits per heavy atom. The zero-order chi connectivity index (χ0) is 24.7. The van der Waals surface area contributed by atoms with Gasteiger partial charge in [0.2, 0.25) is 5.91 Å².